The predicted octanol–water partition coefficient (Wildman–Crippen LogP) is 1.26. The van der Waals surface area contributed by atoms with Crippen molar-refractivity contribution in [2.45, 2.75) is 19.8 Å². The fraction of sp³-hybridized carbons (Fsp3) is 0.909. The minimum absolute atomic E-state index is 0.173. The molecule has 1 atom stereocenters. The molecule has 0 amide bonds. The smallest absolute Gasteiger partial charge is 0.0666 e. The van der Waals surface area contributed by atoms with E-state index in [0.29, 0.717) is 5.41 Å². The molecule has 3 heteroatoms. The van der Waals surface area contributed by atoms with E-state index in [0.717, 1.165) is 19.8 Å². The molecule has 14 heavy (non-hydrogen) atoms. The zero-order valence-corrected chi connectivity index (χ0v) is 8.83. The van der Waals surface area contributed by atoms with Crippen molar-refractivity contribution in [3.63, 3.8) is 0 Å². The van der Waals surface area contributed by atoms with E-state index >= 15 is 0 Å². The third-order valence-corrected chi connectivity index (χ3v) is 3.42. The van der Waals surface area contributed by atoms with Crippen molar-refractivity contribution in [2.75, 3.05) is 32.8 Å². The van der Waals surface area contributed by atoms with Crippen LogP contribution in [-0.4, -0.2) is 37.7 Å². The summed E-state index contributed by atoms with van der Waals surface area (Å²) in [5.41, 5.74) is 0.549. The van der Waals surface area contributed by atoms with Crippen LogP contribution >= 0.6 is 0 Å². The molecule has 2 aliphatic heterocycles. The Labute approximate surface area is 85.6 Å². The zero-order chi connectivity index (χ0) is 10.0. The van der Waals surface area contributed by atoms with Crippen LogP contribution in [0.1, 0.15) is 19.8 Å². The molecule has 0 radical (unpaired) electrons. The van der Waals surface area contributed by atoms with Gasteiger partial charge in [0.05, 0.1) is 12.0 Å². The second-order valence-electron chi connectivity index (χ2n) is 4.81. The van der Waals surface area contributed by atoms with Gasteiger partial charge in [-0.1, -0.05) is 0 Å². The molecule has 0 aromatic rings. The number of nitriles is 1. The molecule has 1 spiro atoms. The van der Waals surface area contributed by atoms with Crippen molar-refractivity contribution >= 4 is 0 Å². The molecular formula is C11H18N2O. The normalized spacial score (nSPS) is 28.0. The van der Waals surface area contributed by atoms with Crippen molar-refractivity contribution in [3.05, 3.63) is 0 Å². The molecule has 3 nitrogen and oxygen atoms in total. The molecule has 0 saturated carbocycles. The number of rotatable bonds is 2. The summed E-state index contributed by atoms with van der Waals surface area (Å²) in [6.45, 7) is 7.17. The first-order valence-corrected chi connectivity index (χ1v) is 5.44. The van der Waals surface area contributed by atoms with E-state index in [1.54, 1.807) is 0 Å². The van der Waals surface area contributed by atoms with E-state index in [4.69, 9.17) is 10.00 Å². The first kappa shape index (κ1) is 9.95. The highest BCUT2D eigenvalue weighted by Crippen LogP contribution is 2.39. The lowest BCUT2D eigenvalue weighted by Gasteiger charge is -2.52. The van der Waals surface area contributed by atoms with Crippen molar-refractivity contribution in [3.8, 4) is 6.07 Å². The summed E-state index contributed by atoms with van der Waals surface area (Å²) in [4.78, 5) is 2.40. The highest BCUT2D eigenvalue weighted by molar-refractivity contribution is 4.97. The Hall–Kier alpha value is -0.590. The molecule has 2 heterocycles. The quantitative estimate of drug-likeness (QED) is 0.664. The van der Waals surface area contributed by atoms with Gasteiger partial charge in [0.1, 0.15) is 0 Å². The Balaban J connectivity index is 1.75. The van der Waals surface area contributed by atoms with E-state index in [9.17, 15) is 0 Å². The van der Waals surface area contributed by atoms with Gasteiger partial charge in [0.2, 0.25) is 0 Å². The summed E-state index contributed by atoms with van der Waals surface area (Å²) < 4.78 is 5.37. The monoisotopic (exact) mass is 194 g/mol. The summed E-state index contributed by atoms with van der Waals surface area (Å²) in [6.07, 6.45) is 2.43. The minimum Gasteiger partial charge on any atom is -0.381 e. The standard InChI is InChI=1S/C11H18N2O/c1-10(6-12)7-13-8-11(9-13)2-4-14-5-3-11/h10H,2-5,7-9H2,1H3. The Morgan fingerprint density at radius 2 is 2.07 bits per heavy atom. The van der Waals surface area contributed by atoms with Crippen LogP contribution in [-0.2, 0) is 4.74 Å². The average molecular weight is 194 g/mol. The summed E-state index contributed by atoms with van der Waals surface area (Å²) in [6, 6.07) is 2.29. The number of hydrogen-bond acceptors (Lipinski definition) is 3. The number of hydrogen-bond donors (Lipinski definition) is 0. The topological polar surface area (TPSA) is 36.3 Å². The second-order valence-corrected chi connectivity index (χ2v) is 4.81. The largest absolute Gasteiger partial charge is 0.381 e. The fourth-order valence-electron chi connectivity index (χ4n) is 2.58. The molecule has 2 rings (SSSR count). The Morgan fingerprint density at radius 3 is 2.64 bits per heavy atom. The maximum atomic E-state index is 8.71. The van der Waals surface area contributed by atoms with E-state index < -0.39 is 0 Å². The van der Waals surface area contributed by atoms with E-state index in [2.05, 4.69) is 11.0 Å². The van der Waals surface area contributed by atoms with Crippen molar-refractivity contribution in [2.24, 2.45) is 11.3 Å². The maximum absolute atomic E-state index is 8.71. The van der Waals surface area contributed by atoms with Gasteiger partial charge in [0, 0.05) is 38.3 Å². The van der Waals surface area contributed by atoms with Gasteiger partial charge < -0.3 is 9.64 Å². The Kier molecular flexibility index (Phi) is 2.76. The Bertz CT molecular complexity index is 232. The number of likely N-dealkylation sites (tertiary alicyclic amines) is 1. The van der Waals surface area contributed by atoms with Gasteiger partial charge >= 0.3 is 0 Å². The van der Waals surface area contributed by atoms with Crippen molar-refractivity contribution < 1.29 is 4.74 Å². The molecule has 0 N–H and O–H groups in total. The van der Waals surface area contributed by atoms with Gasteiger partial charge in [-0.3, -0.25) is 0 Å². The highest BCUT2D eigenvalue weighted by atomic mass is 16.5. The molecule has 1 unspecified atom stereocenters. The zero-order valence-electron chi connectivity index (χ0n) is 8.83. The van der Waals surface area contributed by atoms with Gasteiger partial charge in [-0.15, -0.1) is 0 Å². The summed E-state index contributed by atoms with van der Waals surface area (Å²) >= 11 is 0. The van der Waals surface area contributed by atoms with Crippen LogP contribution in [0, 0.1) is 22.7 Å². The van der Waals surface area contributed by atoms with E-state index in [1.807, 2.05) is 6.92 Å². The number of nitrogens with zero attached hydrogens (tertiary/aromatic N) is 2. The van der Waals surface area contributed by atoms with Crippen LogP contribution in [0.2, 0.25) is 0 Å². The predicted molar refractivity (Wildman–Crippen MR) is 53.7 cm³/mol. The van der Waals surface area contributed by atoms with Crippen LogP contribution in [0.15, 0.2) is 0 Å². The maximum Gasteiger partial charge on any atom is 0.0666 e. The van der Waals surface area contributed by atoms with E-state index in [-0.39, 0.29) is 5.92 Å². The lowest BCUT2D eigenvalue weighted by atomic mass is 9.73. The molecule has 2 saturated heterocycles. The molecule has 2 fully saturated rings. The SMILES string of the molecule is CC(C#N)CN1CC2(CCOCC2)C1. The molecule has 0 aliphatic carbocycles. The lowest BCUT2D eigenvalue weighted by molar-refractivity contribution is -0.0825. The van der Waals surface area contributed by atoms with E-state index in [1.165, 1.54) is 25.9 Å². The third kappa shape index (κ3) is 1.92. The van der Waals surface area contributed by atoms with Gasteiger partial charge in [-0.2, -0.15) is 5.26 Å². The molecular weight excluding hydrogens is 176 g/mol. The lowest BCUT2D eigenvalue weighted by Crippen LogP contribution is -2.59. The van der Waals surface area contributed by atoms with Crippen LogP contribution in [0.4, 0.5) is 0 Å². The first-order chi connectivity index (χ1) is 6.74. The van der Waals surface area contributed by atoms with Gasteiger partial charge in [-0.25, -0.2) is 0 Å². The van der Waals surface area contributed by atoms with Crippen molar-refractivity contribution in [1.82, 2.24) is 4.90 Å². The second kappa shape index (κ2) is 3.88. The first-order valence-electron chi connectivity index (χ1n) is 5.44. The molecule has 0 bridgehead atoms. The molecule has 0 aromatic heterocycles. The summed E-state index contributed by atoms with van der Waals surface area (Å²) in [5, 5.41) is 8.71. The van der Waals surface area contributed by atoms with Crippen LogP contribution in [0.3, 0.4) is 0 Å². The van der Waals surface area contributed by atoms with Crippen LogP contribution < -0.4 is 0 Å². The molecule has 2 aliphatic rings. The molecule has 0 aromatic carbocycles. The van der Waals surface area contributed by atoms with Crippen LogP contribution in [0.5, 0.6) is 0 Å². The van der Waals surface area contributed by atoms with Gasteiger partial charge in [-0.05, 0) is 19.8 Å². The Morgan fingerprint density at radius 1 is 1.43 bits per heavy atom. The molecule has 78 valence electrons. The van der Waals surface area contributed by atoms with Gasteiger partial charge in [0.15, 0.2) is 0 Å². The minimum atomic E-state index is 0.173. The van der Waals surface area contributed by atoms with Crippen molar-refractivity contribution in [1.29, 1.82) is 5.26 Å². The number of ether oxygens (including phenoxy) is 1. The summed E-state index contributed by atoms with van der Waals surface area (Å²) in [7, 11) is 0. The average Bonchev–Trinajstić information content (AvgIpc) is 2.17. The highest BCUT2D eigenvalue weighted by Gasteiger charge is 2.43. The summed E-state index contributed by atoms with van der Waals surface area (Å²) in [5.74, 6) is 0.173. The third-order valence-electron chi connectivity index (χ3n) is 3.42. The van der Waals surface area contributed by atoms with Crippen LogP contribution in [0.25, 0.3) is 0 Å². The fourth-order valence-corrected chi connectivity index (χ4v) is 2.58. The van der Waals surface area contributed by atoms with Gasteiger partial charge in [0.25, 0.3) is 0 Å².